The minimum atomic E-state index is -1.07. The number of hydrogen-bond donors (Lipinski definition) is 1. The van der Waals surface area contributed by atoms with E-state index in [1.807, 2.05) is 60.7 Å². The Bertz CT molecular complexity index is 1090. The molecule has 7 nitrogen and oxygen atoms in total. The summed E-state index contributed by atoms with van der Waals surface area (Å²) in [5.74, 6) is -1.04. The van der Waals surface area contributed by atoms with Crippen molar-refractivity contribution in [1.29, 1.82) is 0 Å². The lowest BCUT2D eigenvalue weighted by Gasteiger charge is -2.39. The van der Waals surface area contributed by atoms with Gasteiger partial charge >= 0.3 is 18.0 Å². The fourth-order valence-corrected chi connectivity index (χ4v) is 5.99. The zero-order valence-corrected chi connectivity index (χ0v) is 21.4. The van der Waals surface area contributed by atoms with Crippen LogP contribution >= 0.6 is 0 Å². The number of esters is 2. The Kier molecular flexibility index (Phi) is 7.38. The highest BCUT2D eigenvalue weighted by molar-refractivity contribution is 5.79. The predicted molar refractivity (Wildman–Crippen MR) is 134 cm³/mol. The first-order valence-corrected chi connectivity index (χ1v) is 12.5. The van der Waals surface area contributed by atoms with Crippen molar-refractivity contribution in [2.75, 3.05) is 0 Å². The summed E-state index contributed by atoms with van der Waals surface area (Å²) >= 11 is 0. The Labute approximate surface area is 212 Å². The molecule has 2 bridgehead atoms. The molecule has 5 atom stereocenters. The molecular formula is C29H35NO6. The Hall–Kier alpha value is -3.35. The molecule has 2 fully saturated rings. The molecule has 0 aromatic heterocycles. The zero-order chi connectivity index (χ0) is 25.9. The van der Waals surface area contributed by atoms with Crippen LogP contribution in [0.4, 0.5) is 4.79 Å². The summed E-state index contributed by atoms with van der Waals surface area (Å²) in [6.07, 6.45) is -0.182. The molecule has 0 aliphatic heterocycles. The topological polar surface area (TPSA) is 90.9 Å². The van der Waals surface area contributed by atoms with Crippen molar-refractivity contribution in [2.24, 2.45) is 16.7 Å². The fourth-order valence-electron chi connectivity index (χ4n) is 5.99. The highest BCUT2D eigenvalue weighted by Gasteiger charge is 2.68. The lowest BCUT2D eigenvalue weighted by Crippen LogP contribution is -2.52. The van der Waals surface area contributed by atoms with Crippen LogP contribution in [0.3, 0.4) is 0 Å². The van der Waals surface area contributed by atoms with E-state index in [-0.39, 0.29) is 29.8 Å². The van der Waals surface area contributed by atoms with Crippen LogP contribution in [-0.2, 0) is 36.8 Å². The van der Waals surface area contributed by atoms with Crippen LogP contribution in [0.2, 0.25) is 0 Å². The second kappa shape index (κ2) is 10.3. The summed E-state index contributed by atoms with van der Waals surface area (Å²) in [6.45, 7) is 7.87. The Morgan fingerprint density at radius 1 is 0.972 bits per heavy atom. The number of benzene rings is 2. The number of carbonyl (C=O) groups is 3. The number of ether oxygens (including phenoxy) is 3. The molecule has 2 saturated carbocycles. The molecule has 36 heavy (non-hydrogen) atoms. The first-order chi connectivity index (χ1) is 17.1. The van der Waals surface area contributed by atoms with Crippen molar-refractivity contribution in [3.05, 3.63) is 71.8 Å². The molecule has 0 spiro atoms. The van der Waals surface area contributed by atoms with Crippen LogP contribution in [0.15, 0.2) is 60.7 Å². The number of amides is 1. The van der Waals surface area contributed by atoms with Gasteiger partial charge in [0.25, 0.3) is 0 Å². The van der Waals surface area contributed by atoms with E-state index >= 15 is 0 Å². The molecule has 192 valence electrons. The summed E-state index contributed by atoms with van der Waals surface area (Å²) in [6, 6.07) is 18.4. The van der Waals surface area contributed by atoms with E-state index in [0.717, 1.165) is 24.0 Å². The van der Waals surface area contributed by atoms with Gasteiger partial charge in [-0.25, -0.2) is 9.59 Å². The maximum absolute atomic E-state index is 13.4. The van der Waals surface area contributed by atoms with Gasteiger partial charge in [0.05, 0.1) is 6.04 Å². The van der Waals surface area contributed by atoms with E-state index in [2.05, 4.69) is 26.1 Å². The molecule has 4 unspecified atom stereocenters. The average molecular weight is 494 g/mol. The standard InChI is InChI=1S/C29H35NO6/c1-19(31)35-23(17-20-11-7-5-8-12-20)26(32)36-25-24(22-15-16-29(25,4)28(22,2)3)30-27(33)34-18-21-13-9-6-10-14-21/h5-14,22-25H,15-18H2,1-4H3,(H,30,33)/t22?,23?,24?,25-,29?/m1/s1. The molecule has 2 aliphatic rings. The maximum atomic E-state index is 13.4. The van der Waals surface area contributed by atoms with Crippen LogP contribution in [0, 0.1) is 16.7 Å². The minimum absolute atomic E-state index is 0.117. The minimum Gasteiger partial charge on any atom is -0.457 e. The van der Waals surface area contributed by atoms with Gasteiger partial charge in [-0.05, 0) is 35.3 Å². The molecule has 2 aromatic carbocycles. The molecule has 1 amide bonds. The largest absolute Gasteiger partial charge is 0.457 e. The van der Waals surface area contributed by atoms with Crippen LogP contribution in [0.1, 0.15) is 51.7 Å². The molecular weight excluding hydrogens is 458 g/mol. The van der Waals surface area contributed by atoms with E-state index in [4.69, 9.17) is 14.2 Å². The normalized spacial score (nSPS) is 26.6. The molecule has 2 aliphatic carbocycles. The average Bonchev–Trinajstić information content (AvgIpc) is 3.16. The lowest BCUT2D eigenvalue weighted by atomic mass is 9.70. The first kappa shape index (κ1) is 25.7. The third-order valence-corrected chi connectivity index (χ3v) is 8.34. The van der Waals surface area contributed by atoms with Gasteiger partial charge in [0.1, 0.15) is 12.7 Å². The van der Waals surface area contributed by atoms with Crippen molar-refractivity contribution in [3.63, 3.8) is 0 Å². The van der Waals surface area contributed by atoms with E-state index in [9.17, 15) is 14.4 Å². The summed E-state index contributed by atoms with van der Waals surface area (Å²) in [5.41, 5.74) is 1.23. The highest BCUT2D eigenvalue weighted by Crippen LogP contribution is 2.66. The van der Waals surface area contributed by atoms with Crippen molar-refractivity contribution >= 4 is 18.0 Å². The zero-order valence-electron chi connectivity index (χ0n) is 21.4. The molecule has 0 saturated heterocycles. The smallest absolute Gasteiger partial charge is 0.407 e. The van der Waals surface area contributed by atoms with E-state index in [0.29, 0.717) is 0 Å². The SMILES string of the molecule is CC(=O)OC(Cc1ccccc1)C(=O)O[C@@H]1C(NC(=O)OCc2ccccc2)C2CCC1(C)C2(C)C. The first-order valence-electron chi connectivity index (χ1n) is 12.5. The Morgan fingerprint density at radius 3 is 2.19 bits per heavy atom. The van der Waals surface area contributed by atoms with Crippen LogP contribution in [0.25, 0.3) is 0 Å². The van der Waals surface area contributed by atoms with Crippen molar-refractivity contribution < 1.29 is 28.6 Å². The molecule has 4 rings (SSSR count). The number of alkyl carbamates (subject to hydrolysis) is 1. The third-order valence-electron chi connectivity index (χ3n) is 8.34. The quantitative estimate of drug-likeness (QED) is 0.419. The number of hydrogen-bond acceptors (Lipinski definition) is 6. The van der Waals surface area contributed by atoms with Gasteiger partial charge in [0.15, 0.2) is 0 Å². The fraction of sp³-hybridized carbons (Fsp3) is 0.483. The van der Waals surface area contributed by atoms with Gasteiger partial charge in [0, 0.05) is 18.8 Å². The number of fused-ring (bicyclic) bond motifs is 2. The monoisotopic (exact) mass is 493 g/mol. The van der Waals surface area contributed by atoms with Crippen LogP contribution < -0.4 is 5.32 Å². The Balaban J connectivity index is 1.50. The second-order valence-corrected chi connectivity index (χ2v) is 10.7. The number of carbonyl (C=O) groups excluding carboxylic acids is 3. The van der Waals surface area contributed by atoms with Crippen LogP contribution in [0.5, 0.6) is 0 Å². The predicted octanol–water partition coefficient (Wildman–Crippen LogP) is 4.82. The van der Waals surface area contributed by atoms with Gasteiger partial charge in [-0.3, -0.25) is 4.79 Å². The highest BCUT2D eigenvalue weighted by atomic mass is 16.6. The molecule has 1 N–H and O–H groups in total. The van der Waals surface area contributed by atoms with Crippen LogP contribution in [-0.4, -0.2) is 36.3 Å². The summed E-state index contributed by atoms with van der Waals surface area (Å²) in [7, 11) is 0. The molecule has 2 aromatic rings. The molecule has 0 radical (unpaired) electrons. The number of rotatable bonds is 8. The van der Waals surface area contributed by atoms with E-state index in [1.165, 1.54) is 6.92 Å². The van der Waals surface area contributed by atoms with Gasteiger partial charge in [-0.2, -0.15) is 0 Å². The maximum Gasteiger partial charge on any atom is 0.407 e. The second-order valence-electron chi connectivity index (χ2n) is 10.7. The molecule has 0 heterocycles. The summed E-state index contributed by atoms with van der Waals surface area (Å²) < 4.78 is 17.0. The number of nitrogens with one attached hydrogen (secondary N) is 1. The van der Waals surface area contributed by atoms with Gasteiger partial charge in [-0.15, -0.1) is 0 Å². The molecule has 7 heteroatoms. The lowest BCUT2D eigenvalue weighted by molar-refractivity contribution is -0.177. The van der Waals surface area contributed by atoms with Crippen molar-refractivity contribution in [1.82, 2.24) is 5.32 Å². The van der Waals surface area contributed by atoms with E-state index < -0.39 is 36.3 Å². The van der Waals surface area contributed by atoms with Gasteiger partial charge < -0.3 is 19.5 Å². The van der Waals surface area contributed by atoms with E-state index in [1.54, 1.807) is 0 Å². The Morgan fingerprint density at radius 2 is 1.58 bits per heavy atom. The summed E-state index contributed by atoms with van der Waals surface area (Å²) in [5, 5.41) is 3.00. The van der Waals surface area contributed by atoms with Gasteiger partial charge in [0.2, 0.25) is 6.10 Å². The van der Waals surface area contributed by atoms with Gasteiger partial charge in [-0.1, -0.05) is 81.4 Å². The third kappa shape index (κ3) is 5.11. The van der Waals surface area contributed by atoms with Crippen molar-refractivity contribution in [2.45, 2.75) is 71.8 Å². The summed E-state index contributed by atoms with van der Waals surface area (Å²) in [4.78, 5) is 37.9. The van der Waals surface area contributed by atoms with Crippen molar-refractivity contribution in [3.8, 4) is 0 Å².